The number of carbonyl (C=O) groups is 1. The second-order valence-corrected chi connectivity index (χ2v) is 2.54. The van der Waals surface area contributed by atoms with E-state index in [4.69, 9.17) is 18.1 Å². The van der Waals surface area contributed by atoms with E-state index in [2.05, 4.69) is 0 Å². The largest absolute Gasteiger partial charge is 1.00 e. The van der Waals surface area contributed by atoms with Crippen molar-refractivity contribution in [2.45, 2.75) is 0 Å². The van der Waals surface area contributed by atoms with E-state index in [1.165, 1.54) is 0 Å². The SMILES string of the molecule is COc1ccc(C=O)cc1.O=S([O-])O.[Na+]. The number of aldehydes is 1. The summed E-state index contributed by atoms with van der Waals surface area (Å²) in [5.41, 5.74) is 0.667. The van der Waals surface area contributed by atoms with Gasteiger partial charge in [-0.2, -0.15) is 0 Å². The van der Waals surface area contributed by atoms with Crippen molar-refractivity contribution in [3.8, 4) is 5.75 Å². The molecule has 1 aromatic carbocycles. The summed E-state index contributed by atoms with van der Waals surface area (Å²) < 4.78 is 29.0. The van der Waals surface area contributed by atoms with E-state index in [-0.39, 0.29) is 29.6 Å². The van der Waals surface area contributed by atoms with Crippen LogP contribution in [-0.2, 0) is 11.4 Å². The van der Waals surface area contributed by atoms with Crippen LogP contribution in [0.15, 0.2) is 24.3 Å². The van der Waals surface area contributed by atoms with Gasteiger partial charge in [-0.3, -0.25) is 4.79 Å². The van der Waals surface area contributed by atoms with Gasteiger partial charge in [0.1, 0.15) is 12.0 Å². The Morgan fingerprint density at radius 3 is 2.07 bits per heavy atom. The number of ether oxygens (including phenoxy) is 1. The fourth-order valence-corrected chi connectivity index (χ4v) is 0.682. The molecule has 0 saturated heterocycles. The van der Waals surface area contributed by atoms with Crippen LogP contribution >= 0.6 is 0 Å². The van der Waals surface area contributed by atoms with Crippen molar-refractivity contribution in [3.05, 3.63) is 29.8 Å². The monoisotopic (exact) mass is 240 g/mol. The van der Waals surface area contributed by atoms with E-state index >= 15 is 0 Å². The maximum Gasteiger partial charge on any atom is 1.00 e. The Morgan fingerprint density at radius 2 is 1.80 bits per heavy atom. The smallest absolute Gasteiger partial charge is 0.750 e. The van der Waals surface area contributed by atoms with Crippen molar-refractivity contribution >= 4 is 17.6 Å². The Morgan fingerprint density at radius 1 is 1.40 bits per heavy atom. The van der Waals surface area contributed by atoms with Gasteiger partial charge >= 0.3 is 29.6 Å². The van der Waals surface area contributed by atoms with Crippen molar-refractivity contribution in [1.82, 2.24) is 0 Å². The van der Waals surface area contributed by atoms with E-state index in [0.29, 0.717) is 5.56 Å². The van der Waals surface area contributed by atoms with Crippen molar-refractivity contribution in [3.63, 3.8) is 0 Å². The molecule has 0 aromatic heterocycles. The zero-order valence-corrected chi connectivity index (χ0v) is 11.2. The number of carbonyl (C=O) groups excluding carboxylic acids is 1. The van der Waals surface area contributed by atoms with Gasteiger partial charge in [-0.05, 0) is 24.3 Å². The van der Waals surface area contributed by atoms with Gasteiger partial charge in [0.15, 0.2) is 0 Å². The first-order valence-electron chi connectivity index (χ1n) is 3.47. The van der Waals surface area contributed by atoms with Gasteiger partial charge in [0, 0.05) is 5.56 Å². The molecule has 0 radical (unpaired) electrons. The quantitative estimate of drug-likeness (QED) is 0.362. The molecule has 1 rings (SSSR count). The molecule has 7 heteroatoms. The van der Waals surface area contributed by atoms with Gasteiger partial charge in [0.25, 0.3) is 0 Å². The third-order valence-corrected chi connectivity index (χ3v) is 1.25. The minimum Gasteiger partial charge on any atom is -0.750 e. The molecule has 1 unspecified atom stereocenters. The third-order valence-electron chi connectivity index (χ3n) is 1.25. The summed E-state index contributed by atoms with van der Waals surface area (Å²) in [6, 6.07) is 6.94. The molecule has 0 heterocycles. The topological polar surface area (TPSA) is 86.7 Å². The first-order valence-corrected chi connectivity index (χ1v) is 4.51. The molecule has 0 saturated carbocycles. The molecule has 0 bridgehead atoms. The van der Waals surface area contributed by atoms with Crippen LogP contribution in [-0.4, -0.2) is 26.7 Å². The Balaban J connectivity index is 0. The van der Waals surface area contributed by atoms with Gasteiger partial charge in [-0.25, -0.2) is 4.21 Å². The maximum absolute atomic E-state index is 10.2. The van der Waals surface area contributed by atoms with Crippen molar-refractivity contribution in [1.29, 1.82) is 0 Å². The Kier molecular flexibility index (Phi) is 11.8. The second kappa shape index (κ2) is 10.3. The molecule has 0 amide bonds. The first-order chi connectivity index (χ1) is 6.60. The van der Waals surface area contributed by atoms with Crippen LogP contribution < -0.4 is 34.3 Å². The van der Waals surface area contributed by atoms with Crippen molar-refractivity contribution in [2.24, 2.45) is 0 Å². The number of rotatable bonds is 2. The van der Waals surface area contributed by atoms with Gasteiger partial charge in [-0.1, -0.05) is 0 Å². The summed E-state index contributed by atoms with van der Waals surface area (Å²) in [4.78, 5) is 10.2. The van der Waals surface area contributed by atoms with Gasteiger partial charge in [-0.15, -0.1) is 0 Å². The normalized spacial score (nSPS) is 10.1. The molecule has 0 fully saturated rings. The molecule has 1 aromatic rings. The fourth-order valence-electron chi connectivity index (χ4n) is 0.682. The fraction of sp³-hybridized carbons (Fsp3) is 0.125. The average Bonchev–Trinajstić information content (AvgIpc) is 2.17. The van der Waals surface area contributed by atoms with Crippen LogP contribution in [0.5, 0.6) is 5.75 Å². The number of hydrogen-bond donors (Lipinski definition) is 1. The molecular formula is C8H9NaO5S. The number of benzene rings is 1. The Labute approximate surface area is 112 Å². The standard InChI is InChI=1S/C8H8O2.Na.H2O3S/c1-10-8-4-2-7(6-9)3-5-8;;1-4(2)3/h2-6H,1H3;;(H2,1,2,3)/q;+1;/p-1. The summed E-state index contributed by atoms with van der Waals surface area (Å²) in [6.45, 7) is 0. The van der Waals surface area contributed by atoms with Crippen LogP contribution in [0.2, 0.25) is 0 Å². The van der Waals surface area contributed by atoms with Crippen molar-refractivity contribution < 1.29 is 52.4 Å². The molecular weight excluding hydrogens is 231 g/mol. The van der Waals surface area contributed by atoms with Crippen LogP contribution in [0, 0.1) is 0 Å². The van der Waals surface area contributed by atoms with Crippen molar-refractivity contribution in [2.75, 3.05) is 7.11 Å². The predicted molar refractivity (Wildman–Crippen MR) is 49.9 cm³/mol. The summed E-state index contributed by atoms with van der Waals surface area (Å²) in [6.07, 6.45) is 0.805. The molecule has 1 atom stereocenters. The first kappa shape index (κ1) is 17.2. The summed E-state index contributed by atoms with van der Waals surface area (Å²) in [7, 11) is 1.59. The van der Waals surface area contributed by atoms with Crippen LogP contribution in [0.4, 0.5) is 0 Å². The Bertz CT molecular complexity index is 296. The minimum absolute atomic E-state index is 0. The molecule has 1 N–H and O–H groups in total. The van der Waals surface area contributed by atoms with Gasteiger partial charge in [0.2, 0.25) is 0 Å². The molecule has 5 nitrogen and oxygen atoms in total. The van der Waals surface area contributed by atoms with E-state index in [9.17, 15) is 4.79 Å². The summed E-state index contributed by atoms with van der Waals surface area (Å²) in [5, 5.41) is 0. The zero-order valence-electron chi connectivity index (χ0n) is 8.38. The molecule has 0 aliphatic heterocycles. The van der Waals surface area contributed by atoms with Crippen LogP contribution in [0.3, 0.4) is 0 Å². The summed E-state index contributed by atoms with van der Waals surface area (Å²) in [5.74, 6) is 0.769. The summed E-state index contributed by atoms with van der Waals surface area (Å²) >= 11 is -2.86. The molecule has 15 heavy (non-hydrogen) atoms. The van der Waals surface area contributed by atoms with E-state index in [1.807, 2.05) is 0 Å². The van der Waals surface area contributed by atoms with E-state index in [0.717, 1.165) is 12.0 Å². The van der Waals surface area contributed by atoms with Crippen LogP contribution in [0.1, 0.15) is 10.4 Å². The maximum atomic E-state index is 10.2. The Hall–Kier alpha value is -0.240. The van der Waals surface area contributed by atoms with Gasteiger partial charge in [0.05, 0.1) is 18.5 Å². The molecule has 0 aliphatic carbocycles. The van der Waals surface area contributed by atoms with E-state index < -0.39 is 11.4 Å². The van der Waals surface area contributed by atoms with Gasteiger partial charge < -0.3 is 13.8 Å². The number of methoxy groups -OCH3 is 1. The third kappa shape index (κ3) is 10.1. The minimum atomic E-state index is -2.86. The number of hydrogen-bond acceptors (Lipinski definition) is 4. The predicted octanol–water partition coefficient (Wildman–Crippen LogP) is -2.15. The van der Waals surface area contributed by atoms with E-state index in [1.54, 1.807) is 31.4 Å². The van der Waals surface area contributed by atoms with Crippen LogP contribution in [0.25, 0.3) is 0 Å². The molecule has 78 valence electrons. The zero-order chi connectivity index (χ0) is 11.0. The molecule has 0 aliphatic rings. The second-order valence-electron chi connectivity index (χ2n) is 2.11. The molecule has 0 spiro atoms. The average molecular weight is 240 g/mol.